The van der Waals surface area contributed by atoms with Crippen LogP contribution in [0.15, 0.2) is 30.3 Å². The zero-order valence-electron chi connectivity index (χ0n) is 13.4. The number of nitrogens with zero attached hydrogens (tertiary/aromatic N) is 1. The van der Waals surface area contributed by atoms with Gasteiger partial charge in [-0.1, -0.05) is 30.3 Å². The SMILES string of the molecule is O=C(O)C1CCN(C(=O)CCCOCCc2ccccc2)CC1. The summed E-state index contributed by atoms with van der Waals surface area (Å²) in [4.78, 5) is 24.7. The molecule has 5 heteroatoms. The van der Waals surface area contributed by atoms with Crippen LogP contribution in [0.3, 0.4) is 0 Å². The van der Waals surface area contributed by atoms with Gasteiger partial charge in [0.15, 0.2) is 0 Å². The Kier molecular flexibility index (Phi) is 7.07. The predicted molar refractivity (Wildman–Crippen MR) is 87.1 cm³/mol. The van der Waals surface area contributed by atoms with Crippen molar-refractivity contribution >= 4 is 11.9 Å². The Labute approximate surface area is 137 Å². The van der Waals surface area contributed by atoms with Crippen LogP contribution >= 0.6 is 0 Å². The molecule has 0 spiro atoms. The second-order valence-electron chi connectivity index (χ2n) is 5.94. The molecule has 0 aromatic heterocycles. The van der Waals surface area contributed by atoms with Gasteiger partial charge in [-0.15, -0.1) is 0 Å². The van der Waals surface area contributed by atoms with Crippen LogP contribution in [0.2, 0.25) is 0 Å². The lowest BCUT2D eigenvalue weighted by molar-refractivity contribution is -0.145. The topological polar surface area (TPSA) is 66.8 Å². The van der Waals surface area contributed by atoms with Gasteiger partial charge in [-0.3, -0.25) is 9.59 Å². The highest BCUT2D eigenvalue weighted by atomic mass is 16.5. The second-order valence-corrected chi connectivity index (χ2v) is 5.94. The molecule has 1 amide bonds. The Hall–Kier alpha value is -1.88. The molecular formula is C18H25NO4. The van der Waals surface area contributed by atoms with Crippen molar-refractivity contribution in [2.45, 2.75) is 32.1 Å². The van der Waals surface area contributed by atoms with Crippen LogP contribution in [0.25, 0.3) is 0 Å². The highest BCUT2D eigenvalue weighted by Gasteiger charge is 2.26. The lowest BCUT2D eigenvalue weighted by Crippen LogP contribution is -2.40. The summed E-state index contributed by atoms with van der Waals surface area (Å²) in [5.41, 5.74) is 1.25. The summed E-state index contributed by atoms with van der Waals surface area (Å²) in [6.07, 6.45) is 3.20. The van der Waals surface area contributed by atoms with Gasteiger partial charge in [0.2, 0.25) is 5.91 Å². The Morgan fingerprint density at radius 1 is 1.13 bits per heavy atom. The average molecular weight is 319 g/mol. The third-order valence-electron chi connectivity index (χ3n) is 4.25. The highest BCUT2D eigenvalue weighted by Crippen LogP contribution is 2.18. The number of aliphatic carboxylic acids is 1. The Morgan fingerprint density at radius 2 is 1.83 bits per heavy atom. The predicted octanol–water partition coefficient (Wildman–Crippen LogP) is 2.35. The first-order valence-corrected chi connectivity index (χ1v) is 8.29. The van der Waals surface area contributed by atoms with Gasteiger partial charge < -0.3 is 14.7 Å². The lowest BCUT2D eigenvalue weighted by Gasteiger charge is -2.30. The maximum absolute atomic E-state index is 12.1. The van der Waals surface area contributed by atoms with Gasteiger partial charge in [0, 0.05) is 26.1 Å². The first-order chi connectivity index (χ1) is 11.2. The van der Waals surface area contributed by atoms with E-state index in [4.69, 9.17) is 9.84 Å². The molecule has 1 N–H and O–H groups in total. The molecule has 1 aliphatic heterocycles. The first kappa shape index (κ1) is 17.5. The van der Waals surface area contributed by atoms with Crippen molar-refractivity contribution in [2.24, 2.45) is 5.92 Å². The molecule has 0 bridgehead atoms. The van der Waals surface area contributed by atoms with Crippen LogP contribution in [0.5, 0.6) is 0 Å². The number of hydrogen-bond donors (Lipinski definition) is 1. The van der Waals surface area contributed by atoms with Crippen LogP contribution < -0.4 is 0 Å². The molecular weight excluding hydrogens is 294 g/mol. The monoisotopic (exact) mass is 319 g/mol. The van der Waals surface area contributed by atoms with Crippen molar-refractivity contribution in [3.05, 3.63) is 35.9 Å². The summed E-state index contributed by atoms with van der Waals surface area (Å²) < 4.78 is 5.58. The number of rotatable bonds is 8. The maximum atomic E-state index is 12.1. The first-order valence-electron chi connectivity index (χ1n) is 8.29. The summed E-state index contributed by atoms with van der Waals surface area (Å²) in [6, 6.07) is 10.2. The molecule has 1 saturated heterocycles. The molecule has 23 heavy (non-hydrogen) atoms. The normalized spacial score (nSPS) is 15.6. The van der Waals surface area contributed by atoms with E-state index in [0.717, 1.165) is 6.42 Å². The third kappa shape index (κ3) is 6.02. The van der Waals surface area contributed by atoms with Crippen LogP contribution in [0.4, 0.5) is 0 Å². The van der Waals surface area contributed by atoms with Gasteiger partial charge in [-0.2, -0.15) is 0 Å². The third-order valence-corrected chi connectivity index (χ3v) is 4.25. The van der Waals surface area contributed by atoms with E-state index in [1.807, 2.05) is 18.2 Å². The molecule has 2 rings (SSSR count). The fourth-order valence-corrected chi connectivity index (χ4v) is 2.80. The van der Waals surface area contributed by atoms with Crippen LogP contribution in [0, 0.1) is 5.92 Å². The zero-order chi connectivity index (χ0) is 16.5. The van der Waals surface area contributed by atoms with Crippen molar-refractivity contribution in [3.63, 3.8) is 0 Å². The second kappa shape index (κ2) is 9.30. The van der Waals surface area contributed by atoms with Gasteiger partial charge in [-0.05, 0) is 31.2 Å². The Balaban J connectivity index is 1.53. The molecule has 0 radical (unpaired) electrons. The van der Waals surface area contributed by atoms with Gasteiger partial charge in [0.25, 0.3) is 0 Å². The van der Waals surface area contributed by atoms with Crippen molar-refractivity contribution in [3.8, 4) is 0 Å². The molecule has 5 nitrogen and oxygen atoms in total. The minimum absolute atomic E-state index is 0.112. The maximum Gasteiger partial charge on any atom is 0.306 e. The number of carboxylic acids is 1. The number of ether oxygens (including phenoxy) is 1. The van der Waals surface area contributed by atoms with E-state index < -0.39 is 5.97 Å². The molecule has 1 aromatic carbocycles. The van der Waals surface area contributed by atoms with E-state index in [9.17, 15) is 9.59 Å². The molecule has 1 aliphatic rings. The van der Waals surface area contributed by atoms with E-state index >= 15 is 0 Å². The average Bonchev–Trinajstić information content (AvgIpc) is 2.58. The summed E-state index contributed by atoms with van der Waals surface area (Å²) in [6.45, 7) is 2.38. The molecule has 1 heterocycles. The number of piperidine rings is 1. The van der Waals surface area contributed by atoms with Crippen molar-refractivity contribution in [1.29, 1.82) is 0 Å². The number of hydrogen-bond acceptors (Lipinski definition) is 3. The Morgan fingerprint density at radius 3 is 2.48 bits per heavy atom. The summed E-state index contributed by atoms with van der Waals surface area (Å²) in [5.74, 6) is -0.926. The summed E-state index contributed by atoms with van der Waals surface area (Å²) >= 11 is 0. The minimum atomic E-state index is -0.746. The molecule has 0 unspecified atom stereocenters. The lowest BCUT2D eigenvalue weighted by atomic mass is 9.97. The minimum Gasteiger partial charge on any atom is -0.481 e. The van der Waals surface area contributed by atoms with E-state index in [-0.39, 0.29) is 11.8 Å². The van der Waals surface area contributed by atoms with Crippen LogP contribution in [-0.2, 0) is 20.7 Å². The molecule has 0 atom stereocenters. The molecule has 126 valence electrons. The Bertz CT molecular complexity index is 495. The van der Waals surface area contributed by atoms with E-state index in [0.29, 0.717) is 52.0 Å². The fraction of sp³-hybridized carbons (Fsp3) is 0.556. The number of benzene rings is 1. The van der Waals surface area contributed by atoms with Gasteiger partial charge in [-0.25, -0.2) is 0 Å². The van der Waals surface area contributed by atoms with E-state index in [2.05, 4.69) is 12.1 Å². The van der Waals surface area contributed by atoms with Gasteiger partial charge in [0.05, 0.1) is 12.5 Å². The molecule has 0 saturated carbocycles. The van der Waals surface area contributed by atoms with Gasteiger partial charge >= 0.3 is 5.97 Å². The van der Waals surface area contributed by atoms with E-state index in [1.165, 1.54) is 5.56 Å². The van der Waals surface area contributed by atoms with E-state index in [1.54, 1.807) is 4.90 Å². The van der Waals surface area contributed by atoms with Crippen molar-refractivity contribution in [2.75, 3.05) is 26.3 Å². The van der Waals surface area contributed by atoms with Crippen LogP contribution in [-0.4, -0.2) is 48.2 Å². The van der Waals surface area contributed by atoms with Crippen LogP contribution in [0.1, 0.15) is 31.2 Å². The molecule has 1 fully saturated rings. The largest absolute Gasteiger partial charge is 0.481 e. The highest BCUT2D eigenvalue weighted by molar-refractivity contribution is 5.77. The number of carboxylic acid groups (broad SMARTS) is 1. The number of likely N-dealkylation sites (tertiary alicyclic amines) is 1. The summed E-state index contributed by atoms with van der Waals surface area (Å²) in [5, 5.41) is 8.95. The number of carbonyl (C=O) groups excluding carboxylic acids is 1. The molecule has 1 aromatic rings. The quantitative estimate of drug-likeness (QED) is 0.747. The van der Waals surface area contributed by atoms with Crippen molar-refractivity contribution in [1.82, 2.24) is 4.90 Å². The zero-order valence-corrected chi connectivity index (χ0v) is 13.4. The number of carbonyl (C=O) groups is 2. The summed E-state index contributed by atoms with van der Waals surface area (Å²) in [7, 11) is 0. The van der Waals surface area contributed by atoms with Gasteiger partial charge in [0.1, 0.15) is 0 Å². The number of amides is 1. The smallest absolute Gasteiger partial charge is 0.306 e. The molecule has 0 aliphatic carbocycles. The standard InChI is InChI=1S/C18H25NO4/c20-17(19-11-8-16(9-12-19)18(21)22)7-4-13-23-14-10-15-5-2-1-3-6-15/h1-3,5-6,16H,4,7-14H2,(H,21,22). The fourth-order valence-electron chi connectivity index (χ4n) is 2.80. The van der Waals surface area contributed by atoms with Crippen molar-refractivity contribution < 1.29 is 19.4 Å².